The molecule has 0 saturated heterocycles. The summed E-state index contributed by atoms with van der Waals surface area (Å²) in [6.45, 7) is 2.35. The summed E-state index contributed by atoms with van der Waals surface area (Å²) >= 11 is 5.97. The maximum Gasteiger partial charge on any atom is 0.303 e. The Labute approximate surface area is 111 Å². The van der Waals surface area contributed by atoms with Gasteiger partial charge in [-0.2, -0.15) is 0 Å². The van der Waals surface area contributed by atoms with Gasteiger partial charge in [-0.15, -0.1) is 0 Å². The molecule has 0 unspecified atom stereocenters. The van der Waals surface area contributed by atoms with Crippen molar-refractivity contribution in [2.24, 2.45) is 0 Å². The number of carboxylic acid groups (broad SMARTS) is 1. The number of carbonyl (C=O) groups excluding carboxylic acids is 1. The largest absolute Gasteiger partial charge is 0.492 e. The van der Waals surface area contributed by atoms with Crippen LogP contribution in [0.15, 0.2) is 18.2 Å². The van der Waals surface area contributed by atoms with Gasteiger partial charge in [0.2, 0.25) is 0 Å². The van der Waals surface area contributed by atoms with Gasteiger partial charge >= 0.3 is 5.97 Å². The quantitative estimate of drug-likeness (QED) is 0.773. The summed E-state index contributed by atoms with van der Waals surface area (Å²) in [6.07, 6.45) is 0.534. The number of hydrogen-bond donors (Lipinski definition) is 1. The number of hydrogen-bond acceptors (Lipinski definition) is 3. The molecule has 4 nitrogen and oxygen atoms in total. The Hall–Kier alpha value is -1.55. The molecule has 0 radical (unpaired) electrons. The third-order valence-corrected chi connectivity index (χ3v) is 2.64. The topological polar surface area (TPSA) is 63.6 Å². The van der Waals surface area contributed by atoms with Gasteiger partial charge in [-0.25, -0.2) is 0 Å². The average Bonchev–Trinajstić information content (AvgIpc) is 2.31. The predicted molar refractivity (Wildman–Crippen MR) is 68.4 cm³/mol. The van der Waals surface area contributed by atoms with Crippen molar-refractivity contribution in [3.05, 3.63) is 28.8 Å². The molecule has 1 aromatic rings. The molecule has 0 spiro atoms. The molecule has 1 N–H and O–H groups in total. The fourth-order valence-corrected chi connectivity index (χ4v) is 1.73. The van der Waals surface area contributed by atoms with Crippen LogP contribution in [0, 0.1) is 0 Å². The van der Waals surface area contributed by atoms with Crippen molar-refractivity contribution < 1.29 is 19.4 Å². The molecule has 0 bridgehead atoms. The molecule has 0 aliphatic carbocycles. The standard InChI is InChI=1S/C13H15ClO4/c1-2-18-12-7-6-9(8-10(12)14)11(15)4-3-5-13(16)17/h6-8H,2-5H2,1H3,(H,16,17). The van der Waals surface area contributed by atoms with E-state index >= 15 is 0 Å². The van der Waals surface area contributed by atoms with Crippen LogP contribution in [0.4, 0.5) is 0 Å². The van der Waals surface area contributed by atoms with Crippen LogP contribution in [0.5, 0.6) is 5.75 Å². The third-order valence-electron chi connectivity index (χ3n) is 2.35. The van der Waals surface area contributed by atoms with Crippen LogP contribution in [-0.2, 0) is 4.79 Å². The van der Waals surface area contributed by atoms with Crippen LogP contribution in [-0.4, -0.2) is 23.5 Å². The van der Waals surface area contributed by atoms with Gasteiger partial charge in [-0.3, -0.25) is 9.59 Å². The summed E-state index contributed by atoms with van der Waals surface area (Å²) in [4.78, 5) is 22.1. The fourth-order valence-electron chi connectivity index (χ4n) is 1.49. The predicted octanol–water partition coefficient (Wildman–Crippen LogP) is 3.18. The lowest BCUT2D eigenvalue weighted by Gasteiger charge is -2.07. The number of ketones is 1. The van der Waals surface area contributed by atoms with Gasteiger partial charge in [0.25, 0.3) is 0 Å². The lowest BCUT2D eigenvalue weighted by molar-refractivity contribution is -0.137. The molecule has 0 aromatic heterocycles. The first kappa shape index (κ1) is 14.5. The highest BCUT2D eigenvalue weighted by molar-refractivity contribution is 6.32. The van der Waals surface area contributed by atoms with E-state index in [2.05, 4.69) is 0 Å². The molecule has 0 aliphatic heterocycles. The number of carbonyl (C=O) groups is 2. The smallest absolute Gasteiger partial charge is 0.303 e. The highest BCUT2D eigenvalue weighted by Crippen LogP contribution is 2.26. The third kappa shape index (κ3) is 4.37. The van der Waals surface area contributed by atoms with Gasteiger partial charge in [0, 0.05) is 18.4 Å². The lowest BCUT2D eigenvalue weighted by Crippen LogP contribution is -2.02. The minimum Gasteiger partial charge on any atom is -0.492 e. The molecule has 0 saturated carbocycles. The Morgan fingerprint density at radius 2 is 2.06 bits per heavy atom. The van der Waals surface area contributed by atoms with Crippen LogP contribution >= 0.6 is 11.6 Å². The maximum atomic E-state index is 11.8. The van der Waals surface area contributed by atoms with Gasteiger partial charge < -0.3 is 9.84 Å². The molecule has 0 fully saturated rings. The van der Waals surface area contributed by atoms with Gasteiger partial charge in [-0.05, 0) is 31.5 Å². The van der Waals surface area contributed by atoms with Crippen LogP contribution in [0.3, 0.4) is 0 Å². The van der Waals surface area contributed by atoms with Gasteiger partial charge in [-0.1, -0.05) is 11.6 Å². The van der Waals surface area contributed by atoms with Crippen molar-refractivity contribution in [2.75, 3.05) is 6.61 Å². The van der Waals surface area contributed by atoms with Crippen molar-refractivity contribution in [1.29, 1.82) is 0 Å². The van der Waals surface area contributed by atoms with Gasteiger partial charge in [0.15, 0.2) is 5.78 Å². The zero-order valence-electron chi connectivity index (χ0n) is 10.1. The van der Waals surface area contributed by atoms with E-state index in [1.54, 1.807) is 18.2 Å². The minimum absolute atomic E-state index is 0.00347. The van der Waals surface area contributed by atoms with E-state index in [-0.39, 0.29) is 18.6 Å². The number of Topliss-reactive ketones (excluding diaryl/α,β-unsaturated/α-hetero) is 1. The zero-order valence-corrected chi connectivity index (χ0v) is 10.9. The molecule has 0 amide bonds. The molecule has 5 heteroatoms. The average molecular weight is 271 g/mol. The highest BCUT2D eigenvalue weighted by Gasteiger charge is 2.10. The first-order valence-corrected chi connectivity index (χ1v) is 6.09. The Morgan fingerprint density at radius 3 is 2.61 bits per heavy atom. The Bertz CT molecular complexity index is 443. The fraction of sp³-hybridized carbons (Fsp3) is 0.385. The molecular formula is C13H15ClO4. The summed E-state index contributed by atoms with van der Waals surface area (Å²) in [5.41, 5.74) is 0.480. The molecule has 18 heavy (non-hydrogen) atoms. The highest BCUT2D eigenvalue weighted by atomic mass is 35.5. The molecule has 1 aromatic carbocycles. The molecular weight excluding hydrogens is 256 g/mol. The Kier molecular flexibility index (Phi) is 5.65. The second-order valence-electron chi connectivity index (χ2n) is 3.75. The van der Waals surface area contributed by atoms with Crippen molar-refractivity contribution in [3.63, 3.8) is 0 Å². The van der Waals surface area contributed by atoms with E-state index in [0.29, 0.717) is 29.4 Å². The SMILES string of the molecule is CCOc1ccc(C(=O)CCCC(=O)O)cc1Cl. The Morgan fingerprint density at radius 1 is 1.33 bits per heavy atom. The number of rotatable bonds is 7. The first-order chi connectivity index (χ1) is 8.54. The number of benzene rings is 1. The summed E-state index contributed by atoms with van der Waals surface area (Å²) in [7, 11) is 0. The normalized spacial score (nSPS) is 10.1. The molecule has 0 atom stereocenters. The van der Waals surface area contributed by atoms with E-state index in [1.807, 2.05) is 6.92 Å². The summed E-state index contributed by atoms with van der Waals surface area (Å²) in [5.74, 6) is -0.463. The van der Waals surface area contributed by atoms with E-state index < -0.39 is 5.97 Å². The monoisotopic (exact) mass is 270 g/mol. The van der Waals surface area contributed by atoms with E-state index in [1.165, 1.54) is 0 Å². The summed E-state index contributed by atoms with van der Waals surface area (Å²) in [6, 6.07) is 4.84. The molecule has 98 valence electrons. The molecule has 0 aliphatic rings. The molecule has 0 heterocycles. The summed E-state index contributed by atoms with van der Waals surface area (Å²) in [5, 5.41) is 8.88. The van der Waals surface area contributed by atoms with Crippen LogP contribution < -0.4 is 4.74 Å². The number of ether oxygens (including phenoxy) is 1. The van der Waals surface area contributed by atoms with Crippen LogP contribution in [0.25, 0.3) is 0 Å². The van der Waals surface area contributed by atoms with Crippen molar-refractivity contribution in [2.45, 2.75) is 26.2 Å². The van der Waals surface area contributed by atoms with Crippen LogP contribution in [0.1, 0.15) is 36.5 Å². The minimum atomic E-state index is -0.896. The van der Waals surface area contributed by atoms with Crippen LogP contribution in [0.2, 0.25) is 5.02 Å². The van der Waals surface area contributed by atoms with Crippen molar-refractivity contribution in [1.82, 2.24) is 0 Å². The van der Waals surface area contributed by atoms with E-state index in [4.69, 9.17) is 21.4 Å². The number of halogens is 1. The second kappa shape index (κ2) is 7.01. The van der Waals surface area contributed by atoms with Crippen molar-refractivity contribution >= 4 is 23.4 Å². The Balaban J connectivity index is 2.63. The zero-order chi connectivity index (χ0) is 13.5. The first-order valence-electron chi connectivity index (χ1n) is 5.72. The maximum absolute atomic E-state index is 11.8. The number of aliphatic carboxylic acids is 1. The summed E-state index contributed by atoms with van der Waals surface area (Å²) < 4.78 is 5.26. The van der Waals surface area contributed by atoms with E-state index in [9.17, 15) is 9.59 Å². The lowest BCUT2D eigenvalue weighted by atomic mass is 10.1. The van der Waals surface area contributed by atoms with Gasteiger partial charge in [0.1, 0.15) is 5.75 Å². The van der Waals surface area contributed by atoms with E-state index in [0.717, 1.165) is 0 Å². The second-order valence-corrected chi connectivity index (χ2v) is 4.16. The van der Waals surface area contributed by atoms with Crippen molar-refractivity contribution in [3.8, 4) is 5.75 Å². The number of carboxylic acids is 1. The van der Waals surface area contributed by atoms with Gasteiger partial charge in [0.05, 0.1) is 11.6 Å². The molecule has 1 rings (SSSR count).